The summed E-state index contributed by atoms with van der Waals surface area (Å²) in [7, 11) is -2.29. The monoisotopic (exact) mass is 331 g/mol. The third-order valence-electron chi connectivity index (χ3n) is 3.00. The van der Waals surface area contributed by atoms with Crippen LogP contribution in [0.15, 0.2) is 53.4 Å². The van der Waals surface area contributed by atoms with Gasteiger partial charge in [-0.25, -0.2) is 0 Å². The first kappa shape index (κ1) is 16.8. The maximum Gasteiger partial charge on any atom is 0.308 e. The number of rotatable bonds is 4. The first-order chi connectivity index (χ1) is 10.8. The van der Waals surface area contributed by atoms with E-state index in [0.29, 0.717) is 10.6 Å². The van der Waals surface area contributed by atoms with Crippen LogP contribution >= 0.6 is 0 Å². The van der Waals surface area contributed by atoms with Crippen molar-refractivity contribution in [2.75, 3.05) is 11.6 Å². The van der Waals surface area contributed by atoms with Gasteiger partial charge in [0.1, 0.15) is 5.75 Å². The first-order valence-corrected chi connectivity index (χ1v) is 8.92. The van der Waals surface area contributed by atoms with Crippen LogP contribution in [-0.2, 0) is 14.3 Å². The minimum atomic E-state index is -2.29. The van der Waals surface area contributed by atoms with E-state index in [1.165, 1.54) is 6.92 Å². The zero-order valence-corrected chi connectivity index (χ0v) is 13.7. The summed E-state index contributed by atoms with van der Waals surface area (Å²) in [6, 6.07) is 13.1. The molecule has 1 N–H and O–H groups in total. The molecule has 0 fully saturated rings. The highest BCUT2D eigenvalue weighted by Gasteiger charge is 2.14. The molecule has 0 spiro atoms. The van der Waals surface area contributed by atoms with Gasteiger partial charge in [0.2, 0.25) is 0 Å². The third kappa shape index (κ3) is 4.43. The lowest BCUT2D eigenvalue weighted by Crippen LogP contribution is -2.14. The Bertz CT molecular complexity index is 839. The average molecular weight is 331 g/mol. The van der Waals surface area contributed by atoms with Gasteiger partial charge in [-0.3, -0.25) is 13.8 Å². The molecular formula is C17H17NO4S. The highest BCUT2D eigenvalue weighted by atomic mass is 32.2. The van der Waals surface area contributed by atoms with Crippen molar-refractivity contribution in [2.24, 2.45) is 0 Å². The van der Waals surface area contributed by atoms with Crippen LogP contribution in [-0.4, -0.2) is 28.2 Å². The fourth-order valence-corrected chi connectivity index (χ4v) is 2.63. The second-order valence-corrected chi connectivity index (χ2v) is 7.55. The molecule has 2 aromatic rings. The third-order valence-corrected chi connectivity index (χ3v) is 4.27. The zero-order chi connectivity index (χ0) is 17.0. The van der Waals surface area contributed by atoms with Gasteiger partial charge in [-0.2, -0.15) is 0 Å². The lowest BCUT2D eigenvalue weighted by Gasteiger charge is -2.10. The number of carbonyl (C=O) groups excluding carboxylic acids is 2. The Kier molecular flexibility index (Phi) is 4.86. The van der Waals surface area contributed by atoms with Crippen LogP contribution in [0.4, 0.5) is 5.69 Å². The summed E-state index contributed by atoms with van der Waals surface area (Å²) in [5.41, 5.74) is 0.795. The fraction of sp³-hybridized carbons (Fsp3) is 0.118. The van der Waals surface area contributed by atoms with Gasteiger partial charge < -0.3 is 10.1 Å². The van der Waals surface area contributed by atoms with Crippen molar-refractivity contribution < 1.29 is 18.5 Å². The topological polar surface area (TPSA) is 72.5 Å². The molecule has 0 radical (unpaired) electrons. The molecule has 120 valence electrons. The molecule has 23 heavy (non-hydrogen) atoms. The van der Waals surface area contributed by atoms with E-state index in [-0.39, 0.29) is 11.3 Å². The van der Waals surface area contributed by atoms with Crippen molar-refractivity contribution in [1.29, 1.82) is 0 Å². The van der Waals surface area contributed by atoms with Crippen molar-refractivity contribution >= 4 is 33.0 Å². The molecule has 0 saturated heterocycles. The molecule has 2 rings (SSSR count). The number of para-hydroxylation sites is 1. The SMILES string of the molecule is C=S(C)(=O)c1ccc(NC(=O)c2ccccc2OC(C)=O)cc1. The van der Waals surface area contributed by atoms with E-state index in [4.69, 9.17) is 4.74 Å². The van der Waals surface area contributed by atoms with Crippen LogP contribution in [0.5, 0.6) is 5.75 Å². The van der Waals surface area contributed by atoms with Crippen molar-refractivity contribution in [3.63, 3.8) is 0 Å². The predicted octanol–water partition coefficient (Wildman–Crippen LogP) is 2.57. The van der Waals surface area contributed by atoms with Crippen molar-refractivity contribution in [3.05, 3.63) is 54.1 Å². The number of benzene rings is 2. The summed E-state index contributed by atoms with van der Waals surface area (Å²) in [5.74, 6) is 2.91. The van der Waals surface area contributed by atoms with Gasteiger partial charge in [0.15, 0.2) is 0 Å². The Morgan fingerprint density at radius 1 is 1.09 bits per heavy atom. The van der Waals surface area contributed by atoms with Crippen LogP contribution in [0.2, 0.25) is 0 Å². The van der Waals surface area contributed by atoms with Gasteiger partial charge in [0.05, 0.1) is 5.56 Å². The predicted molar refractivity (Wildman–Crippen MR) is 91.6 cm³/mol. The molecule has 0 heterocycles. The molecular weight excluding hydrogens is 314 g/mol. The van der Waals surface area contributed by atoms with E-state index >= 15 is 0 Å². The van der Waals surface area contributed by atoms with Crippen LogP contribution in [0.1, 0.15) is 17.3 Å². The number of amides is 1. The van der Waals surface area contributed by atoms with Crippen molar-refractivity contribution in [2.45, 2.75) is 11.8 Å². The molecule has 1 unspecified atom stereocenters. The first-order valence-electron chi connectivity index (χ1n) is 6.78. The molecule has 6 heteroatoms. The molecule has 0 bridgehead atoms. The average Bonchev–Trinajstić information content (AvgIpc) is 2.46. The van der Waals surface area contributed by atoms with E-state index in [0.717, 1.165) is 0 Å². The molecule has 0 aliphatic rings. The van der Waals surface area contributed by atoms with Gasteiger partial charge in [0, 0.05) is 23.8 Å². The summed E-state index contributed by atoms with van der Waals surface area (Å²) in [5, 5.41) is 2.71. The van der Waals surface area contributed by atoms with Crippen LogP contribution in [0.25, 0.3) is 0 Å². The maximum atomic E-state index is 12.3. The van der Waals surface area contributed by atoms with Gasteiger partial charge in [-0.05, 0) is 51.8 Å². The van der Waals surface area contributed by atoms with Gasteiger partial charge in [-0.1, -0.05) is 12.1 Å². The number of hydrogen-bond acceptors (Lipinski definition) is 4. The number of esters is 1. The second kappa shape index (κ2) is 6.66. The van der Waals surface area contributed by atoms with Crippen LogP contribution < -0.4 is 10.1 Å². The van der Waals surface area contributed by atoms with E-state index in [2.05, 4.69) is 11.2 Å². The lowest BCUT2D eigenvalue weighted by molar-refractivity contribution is -0.131. The van der Waals surface area contributed by atoms with Crippen molar-refractivity contribution in [3.8, 4) is 5.75 Å². The van der Waals surface area contributed by atoms with Gasteiger partial charge in [0.25, 0.3) is 5.91 Å². The highest BCUT2D eigenvalue weighted by molar-refractivity contribution is 7.99. The number of carbonyl (C=O) groups is 2. The van der Waals surface area contributed by atoms with Gasteiger partial charge in [-0.15, -0.1) is 0 Å². The summed E-state index contributed by atoms with van der Waals surface area (Å²) >= 11 is 0. The largest absolute Gasteiger partial charge is 0.426 e. The molecule has 2 aromatic carbocycles. The normalized spacial score (nSPS) is 13.0. The molecule has 0 aliphatic heterocycles. The highest BCUT2D eigenvalue weighted by Crippen LogP contribution is 2.20. The molecule has 5 nitrogen and oxygen atoms in total. The summed E-state index contributed by atoms with van der Waals surface area (Å²) in [6.45, 7) is 1.27. The van der Waals surface area contributed by atoms with Gasteiger partial charge >= 0.3 is 5.97 Å². The second-order valence-electron chi connectivity index (χ2n) is 5.07. The molecule has 0 aliphatic carbocycles. The Balaban J connectivity index is 2.21. The Morgan fingerprint density at radius 3 is 2.26 bits per heavy atom. The molecule has 0 aromatic heterocycles. The van der Waals surface area contributed by atoms with Crippen molar-refractivity contribution in [1.82, 2.24) is 0 Å². The molecule has 1 amide bonds. The number of ether oxygens (including phenoxy) is 1. The number of hydrogen-bond donors (Lipinski definition) is 1. The van der Waals surface area contributed by atoms with Crippen LogP contribution in [0, 0.1) is 0 Å². The van der Waals surface area contributed by atoms with E-state index < -0.39 is 21.4 Å². The molecule has 1 atom stereocenters. The lowest BCUT2D eigenvalue weighted by atomic mass is 10.2. The Labute approximate surface area is 135 Å². The zero-order valence-electron chi connectivity index (χ0n) is 12.9. The smallest absolute Gasteiger partial charge is 0.308 e. The van der Waals surface area contributed by atoms with E-state index in [1.54, 1.807) is 54.8 Å². The molecule has 0 saturated carbocycles. The Hall–Kier alpha value is -2.60. The number of nitrogens with one attached hydrogen (secondary N) is 1. The maximum absolute atomic E-state index is 12.3. The number of anilines is 1. The van der Waals surface area contributed by atoms with E-state index in [9.17, 15) is 13.8 Å². The Morgan fingerprint density at radius 2 is 1.70 bits per heavy atom. The van der Waals surface area contributed by atoms with E-state index in [1.807, 2.05) is 0 Å². The quantitative estimate of drug-likeness (QED) is 0.531. The minimum absolute atomic E-state index is 0.198. The fourth-order valence-electron chi connectivity index (χ4n) is 1.92. The standard InChI is InChI=1S/C17H17NO4S/c1-12(19)22-16-7-5-4-6-15(16)17(20)18-13-8-10-14(11-9-13)23(2,3)21/h4-11H,2H2,1,3H3,(H,18,20). The summed E-state index contributed by atoms with van der Waals surface area (Å²) in [4.78, 5) is 24.0. The van der Waals surface area contributed by atoms with Crippen LogP contribution in [0.3, 0.4) is 0 Å². The minimum Gasteiger partial charge on any atom is -0.426 e. The summed E-state index contributed by atoms with van der Waals surface area (Å²) in [6.07, 6.45) is 1.55. The summed E-state index contributed by atoms with van der Waals surface area (Å²) < 4.78 is 16.9.